The Morgan fingerprint density at radius 1 is 1.07 bits per heavy atom. The number of pyridine rings is 1. The SMILES string of the molecule is CCN1CCN(Cc2ccc(C(=O)NC3C4Oc5ccc(Oc6ccnc7c6CCC(=O)N7)cc5C34)cc2OC)CC1. The molecule has 42 heavy (non-hydrogen) atoms. The number of nitrogens with one attached hydrogen (secondary N) is 2. The van der Waals surface area contributed by atoms with Crippen LogP contribution in [0.3, 0.4) is 0 Å². The van der Waals surface area contributed by atoms with E-state index in [0.29, 0.717) is 35.7 Å². The molecule has 3 unspecified atom stereocenters. The first kappa shape index (κ1) is 26.7. The Balaban J connectivity index is 1.00. The Morgan fingerprint density at radius 3 is 2.71 bits per heavy atom. The molecule has 10 nitrogen and oxygen atoms in total. The number of likely N-dealkylation sites (N-methyl/N-ethyl adjacent to an activating group) is 1. The number of anilines is 1. The Bertz CT molecular complexity index is 1540. The first-order chi connectivity index (χ1) is 20.5. The highest BCUT2D eigenvalue weighted by Gasteiger charge is 2.59. The first-order valence-electron chi connectivity index (χ1n) is 14.7. The minimum Gasteiger partial charge on any atom is -0.496 e. The van der Waals surface area contributed by atoms with Gasteiger partial charge in [0.2, 0.25) is 5.91 Å². The van der Waals surface area contributed by atoms with Crippen LogP contribution in [-0.4, -0.2) is 78.6 Å². The molecular weight excluding hydrogens is 534 g/mol. The molecule has 2 N–H and O–H groups in total. The van der Waals surface area contributed by atoms with Crippen LogP contribution in [0.15, 0.2) is 48.7 Å². The molecule has 1 saturated heterocycles. The number of methoxy groups -OCH3 is 1. The number of piperazine rings is 1. The molecule has 3 aromatic rings. The highest BCUT2D eigenvalue weighted by Crippen LogP contribution is 2.54. The molecule has 1 saturated carbocycles. The van der Waals surface area contributed by atoms with Gasteiger partial charge in [0.15, 0.2) is 0 Å². The van der Waals surface area contributed by atoms with Crippen molar-refractivity contribution in [3.63, 3.8) is 0 Å². The van der Waals surface area contributed by atoms with Crippen molar-refractivity contribution in [1.82, 2.24) is 20.1 Å². The number of amides is 2. The van der Waals surface area contributed by atoms with Crippen molar-refractivity contribution in [2.75, 3.05) is 45.2 Å². The van der Waals surface area contributed by atoms with Crippen molar-refractivity contribution in [1.29, 1.82) is 0 Å². The predicted molar refractivity (Wildman–Crippen MR) is 156 cm³/mol. The van der Waals surface area contributed by atoms with E-state index in [0.717, 1.165) is 67.5 Å². The number of fused-ring (bicyclic) bond motifs is 4. The fourth-order valence-electron chi connectivity index (χ4n) is 6.31. The van der Waals surface area contributed by atoms with Crippen molar-refractivity contribution >= 4 is 17.6 Å². The lowest BCUT2D eigenvalue weighted by atomic mass is 10.1. The van der Waals surface area contributed by atoms with Gasteiger partial charge >= 0.3 is 0 Å². The quantitative estimate of drug-likeness (QED) is 0.425. The molecule has 0 spiro atoms. The lowest BCUT2D eigenvalue weighted by Gasteiger charge is -2.34. The van der Waals surface area contributed by atoms with Crippen LogP contribution in [0.1, 0.15) is 46.3 Å². The van der Waals surface area contributed by atoms with Crippen LogP contribution in [-0.2, 0) is 17.8 Å². The Hall–Kier alpha value is -4.15. The van der Waals surface area contributed by atoms with E-state index >= 15 is 0 Å². The number of hydrogen-bond acceptors (Lipinski definition) is 8. The zero-order valence-electron chi connectivity index (χ0n) is 23.9. The lowest BCUT2D eigenvalue weighted by Crippen LogP contribution is -2.45. The summed E-state index contributed by atoms with van der Waals surface area (Å²) in [6.45, 7) is 8.31. The maximum atomic E-state index is 13.2. The van der Waals surface area contributed by atoms with Gasteiger partial charge in [0, 0.05) is 67.6 Å². The van der Waals surface area contributed by atoms with Gasteiger partial charge in [-0.25, -0.2) is 4.98 Å². The average molecular weight is 570 g/mol. The van der Waals surface area contributed by atoms with Crippen molar-refractivity contribution in [3.05, 3.63) is 70.9 Å². The van der Waals surface area contributed by atoms with E-state index in [1.54, 1.807) is 13.3 Å². The number of aromatic nitrogens is 1. The summed E-state index contributed by atoms with van der Waals surface area (Å²) in [5.74, 6) is 3.35. The smallest absolute Gasteiger partial charge is 0.251 e. The number of rotatable bonds is 8. The van der Waals surface area contributed by atoms with Crippen LogP contribution in [0.25, 0.3) is 0 Å². The molecule has 4 aliphatic rings. The minimum atomic E-state index is -0.140. The third kappa shape index (κ3) is 5.05. The number of hydrogen-bond donors (Lipinski definition) is 2. The standard InChI is InChI=1S/C32H35N5O5/c1-3-36-12-14-37(15-13-36)18-20-5-4-19(16-26(20)40-2)32(39)35-29-28-23-17-21(6-8-24(23)42-30(28)29)41-25-10-11-33-31-22(25)7-9-27(38)34-31/h4-6,8,10-11,16-17,28-30H,3,7,9,12-15,18H2,1-2H3,(H,35,39)(H,33,34,38). The fourth-order valence-corrected chi connectivity index (χ4v) is 6.31. The van der Waals surface area contributed by atoms with Gasteiger partial charge in [0.1, 0.15) is 34.9 Å². The van der Waals surface area contributed by atoms with E-state index in [-0.39, 0.29) is 29.9 Å². The zero-order chi connectivity index (χ0) is 28.8. The molecule has 1 aromatic heterocycles. The van der Waals surface area contributed by atoms with Crippen LogP contribution in [0, 0.1) is 0 Å². The molecule has 10 heteroatoms. The van der Waals surface area contributed by atoms with Gasteiger partial charge in [0.05, 0.1) is 19.1 Å². The van der Waals surface area contributed by atoms with Crippen molar-refractivity contribution in [3.8, 4) is 23.0 Å². The molecule has 3 aliphatic heterocycles. The Kier molecular flexibility index (Phi) is 6.95. The third-order valence-corrected chi connectivity index (χ3v) is 8.81. The molecule has 2 amide bonds. The van der Waals surface area contributed by atoms with Gasteiger partial charge in [-0.2, -0.15) is 0 Å². The minimum absolute atomic E-state index is 0.0369. The molecular formula is C32H35N5O5. The molecule has 2 aromatic carbocycles. The maximum absolute atomic E-state index is 13.2. The van der Waals surface area contributed by atoms with Gasteiger partial charge in [-0.1, -0.05) is 13.0 Å². The van der Waals surface area contributed by atoms with Crippen LogP contribution >= 0.6 is 0 Å². The lowest BCUT2D eigenvalue weighted by molar-refractivity contribution is -0.116. The highest BCUT2D eigenvalue weighted by molar-refractivity contribution is 5.95. The molecule has 2 fully saturated rings. The van der Waals surface area contributed by atoms with Crippen molar-refractivity contribution in [2.45, 2.75) is 44.4 Å². The monoisotopic (exact) mass is 569 g/mol. The van der Waals surface area contributed by atoms with Crippen LogP contribution in [0.2, 0.25) is 0 Å². The number of carbonyl (C=O) groups is 2. The Morgan fingerprint density at radius 2 is 1.90 bits per heavy atom. The predicted octanol–water partition coefficient (Wildman–Crippen LogP) is 3.56. The average Bonchev–Trinajstić information content (AvgIpc) is 3.53. The summed E-state index contributed by atoms with van der Waals surface area (Å²) < 4.78 is 18.1. The topological polar surface area (TPSA) is 105 Å². The molecule has 4 heterocycles. The van der Waals surface area contributed by atoms with E-state index in [9.17, 15) is 9.59 Å². The van der Waals surface area contributed by atoms with E-state index < -0.39 is 0 Å². The highest BCUT2D eigenvalue weighted by atomic mass is 16.5. The van der Waals surface area contributed by atoms with E-state index in [1.165, 1.54) is 0 Å². The fraction of sp³-hybridized carbons (Fsp3) is 0.406. The van der Waals surface area contributed by atoms with Gasteiger partial charge in [0.25, 0.3) is 5.91 Å². The van der Waals surface area contributed by atoms with Crippen molar-refractivity contribution in [2.24, 2.45) is 0 Å². The summed E-state index contributed by atoms with van der Waals surface area (Å²) in [5, 5.41) is 5.98. The second-order valence-electron chi connectivity index (χ2n) is 11.3. The van der Waals surface area contributed by atoms with Gasteiger partial charge in [-0.3, -0.25) is 14.5 Å². The molecule has 0 bridgehead atoms. The van der Waals surface area contributed by atoms with Gasteiger partial charge in [-0.15, -0.1) is 0 Å². The summed E-state index contributed by atoms with van der Waals surface area (Å²) >= 11 is 0. The Labute approximate surface area is 244 Å². The van der Waals surface area contributed by atoms with Crippen LogP contribution in [0.5, 0.6) is 23.0 Å². The summed E-state index contributed by atoms with van der Waals surface area (Å²) in [7, 11) is 1.66. The first-order valence-corrected chi connectivity index (χ1v) is 14.7. The third-order valence-electron chi connectivity index (χ3n) is 8.81. The van der Waals surface area contributed by atoms with Crippen LogP contribution in [0.4, 0.5) is 5.82 Å². The summed E-state index contributed by atoms with van der Waals surface area (Å²) in [5.41, 5.74) is 3.58. The van der Waals surface area contributed by atoms with Gasteiger partial charge < -0.3 is 29.7 Å². The second-order valence-corrected chi connectivity index (χ2v) is 11.3. The molecule has 218 valence electrons. The van der Waals surface area contributed by atoms with E-state index in [1.807, 2.05) is 42.5 Å². The second kappa shape index (κ2) is 10.9. The van der Waals surface area contributed by atoms with Gasteiger partial charge in [-0.05, 0) is 49.4 Å². The van der Waals surface area contributed by atoms with E-state index in [2.05, 4.69) is 32.3 Å². The zero-order valence-corrected chi connectivity index (χ0v) is 23.9. The van der Waals surface area contributed by atoms with E-state index in [4.69, 9.17) is 14.2 Å². The molecule has 3 atom stereocenters. The number of benzene rings is 2. The summed E-state index contributed by atoms with van der Waals surface area (Å²) in [6, 6.07) is 13.2. The summed E-state index contributed by atoms with van der Waals surface area (Å²) in [6.07, 6.45) is 2.53. The number of nitrogens with zero attached hydrogens (tertiary/aromatic N) is 3. The summed E-state index contributed by atoms with van der Waals surface area (Å²) in [4.78, 5) is 34.2. The number of carbonyl (C=O) groups excluding carboxylic acids is 2. The van der Waals surface area contributed by atoms with Crippen LogP contribution < -0.4 is 24.8 Å². The molecule has 7 rings (SSSR count). The number of ether oxygens (including phenoxy) is 3. The van der Waals surface area contributed by atoms with Crippen molar-refractivity contribution < 1.29 is 23.8 Å². The maximum Gasteiger partial charge on any atom is 0.251 e. The normalized spacial score (nSPS) is 22.7. The molecule has 1 aliphatic carbocycles. The molecule has 0 radical (unpaired) electrons. The largest absolute Gasteiger partial charge is 0.496 e.